The molecule has 0 heterocycles. The van der Waals surface area contributed by atoms with Gasteiger partial charge in [0.25, 0.3) is 0 Å². The molecular formula is C9H7BrClF. The second-order valence-electron chi connectivity index (χ2n) is 3.07. The first kappa shape index (κ1) is 8.52. The first-order valence-corrected chi connectivity index (χ1v) is 4.90. The van der Waals surface area contributed by atoms with Gasteiger partial charge in [0.15, 0.2) is 4.58 Å². The smallest absolute Gasteiger partial charge is 0.172 e. The van der Waals surface area contributed by atoms with E-state index < -0.39 is 4.58 Å². The van der Waals surface area contributed by atoms with Crippen LogP contribution in [-0.4, -0.2) is 4.58 Å². The Balaban J connectivity index is 2.26. The average molecular weight is 250 g/mol. The average Bonchev–Trinajstić information content (AvgIpc) is 2.60. The molecule has 1 aliphatic rings. The SMILES string of the molecule is F[C@]1(Br)C[C@H]1c1cccc(Cl)c1. The number of benzene rings is 1. The minimum absolute atomic E-state index is 0.0174. The van der Waals surface area contributed by atoms with Gasteiger partial charge in [-0.1, -0.05) is 23.7 Å². The third-order valence-corrected chi connectivity index (χ3v) is 3.19. The lowest BCUT2D eigenvalue weighted by Crippen LogP contribution is -1.89. The second kappa shape index (κ2) is 2.71. The number of hydrogen-bond acceptors (Lipinski definition) is 0. The van der Waals surface area contributed by atoms with E-state index in [1.165, 1.54) is 0 Å². The van der Waals surface area contributed by atoms with Crippen LogP contribution in [-0.2, 0) is 0 Å². The first-order valence-electron chi connectivity index (χ1n) is 3.73. The molecule has 0 nitrogen and oxygen atoms in total. The van der Waals surface area contributed by atoms with Gasteiger partial charge in [-0.15, -0.1) is 0 Å². The maximum absolute atomic E-state index is 13.2. The van der Waals surface area contributed by atoms with Gasteiger partial charge in [-0.2, -0.15) is 0 Å². The standard InChI is InChI=1S/C9H7BrClF/c10-9(12)5-8(9)6-2-1-3-7(11)4-6/h1-4,8H,5H2/t8-,9+/m0/s1. The van der Waals surface area contributed by atoms with Crippen molar-refractivity contribution in [2.45, 2.75) is 16.9 Å². The molecule has 64 valence electrons. The fourth-order valence-electron chi connectivity index (χ4n) is 1.30. The van der Waals surface area contributed by atoms with Gasteiger partial charge >= 0.3 is 0 Å². The predicted molar refractivity (Wildman–Crippen MR) is 51.6 cm³/mol. The van der Waals surface area contributed by atoms with Crippen molar-refractivity contribution in [3.05, 3.63) is 34.9 Å². The number of alkyl halides is 2. The van der Waals surface area contributed by atoms with Crippen molar-refractivity contribution < 1.29 is 4.39 Å². The van der Waals surface area contributed by atoms with Crippen LogP contribution in [0, 0.1) is 0 Å². The molecule has 0 aliphatic heterocycles. The molecule has 2 rings (SSSR count). The summed E-state index contributed by atoms with van der Waals surface area (Å²) in [7, 11) is 0. The van der Waals surface area contributed by atoms with E-state index in [0.29, 0.717) is 11.4 Å². The van der Waals surface area contributed by atoms with Crippen LogP contribution >= 0.6 is 27.5 Å². The monoisotopic (exact) mass is 248 g/mol. The van der Waals surface area contributed by atoms with Crippen molar-refractivity contribution in [2.24, 2.45) is 0 Å². The van der Waals surface area contributed by atoms with Crippen molar-refractivity contribution in [3.8, 4) is 0 Å². The highest BCUT2D eigenvalue weighted by molar-refractivity contribution is 9.10. The summed E-state index contributed by atoms with van der Waals surface area (Å²) in [5, 5.41) is 0.669. The Morgan fingerprint density at radius 1 is 1.58 bits per heavy atom. The van der Waals surface area contributed by atoms with Gasteiger partial charge in [0.1, 0.15) is 0 Å². The van der Waals surface area contributed by atoms with E-state index in [9.17, 15) is 4.39 Å². The Labute approximate surface area is 83.9 Å². The van der Waals surface area contributed by atoms with Crippen molar-refractivity contribution in [2.75, 3.05) is 0 Å². The summed E-state index contributed by atoms with van der Waals surface area (Å²) < 4.78 is 12.0. The molecule has 0 saturated heterocycles. The Bertz CT molecular complexity index is 311. The lowest BCUT2D eigenvalue weighted by atomic mass is 10.1. The van der Waals surface area contributed by atoms with Crippen LogP contribution in [0.2, 0.25) is 5.02 Å². The highest BCUT2D eigenvalue weighted by atomic mass is 79.9. The molecule has 0 amide bonds. The molecule has 1 aromatic carbocycles. The first-order chi connectivity index (χ1) is 5.59. The third kappa shape index (κ3) is 1.50. The molecule has 12 heavy (non-hydrogen) atoms. The summed E-state index contributed by atoms with van der Waals surface area (Å²) in [4.78, 5) is 0. The maximum Gasteiger partial charge on any atom is 0.172 e. The van der Waals surface area contributed by atoms with E-state index in [4.69, 9.17) is 11.6 Å². The molecule has 0 radical (unpaired) electrons. The summed E-state index contributed by atoms with van der Waals surface area (Å²) >= 11 is 8.78. The fourth-order valence-corrected chi connectivity index (χ4v) is 2.09. The lowest BCUT2D eigenvalue weighted by molar-refractivity contribution is 0.436. The van der Waals surface area contributed by atoms with Crippen molar-refractivity contribution in [3.63, 3.8) is 0 Å². The number of halogens is 3. The normalized spacial score (nSPS) is 33.4. The van der Waals surface area contributed by atoms with Crippen LogP contribution in [0.4, 0.5) is 4.39 Å². The molecule has 0 bridgehead atoms. The Hall–Kier alpha value is -0.0800. The highest BCUT2D eigenvalue weighted by Gasteiger charge is 2.54. The second-order valence-corrected chi connectivity index (χ2v) is 4.83. The zero-order valence-electron chi connectivity index (χ0n) is 6.23. The minimum Gasteiger partial charge on any atom is -0.231 e. The van der Waals surface area contributed by atoms with E-state index in [2.05, 4.69) is 15.9 Å². The van der Waals surface area contributed by atoms with Crippen LogP contribution in [0.25, 0.3) is 0 Å². The zero-order chi connectivity index (χ0) is 8.77. The van der Waals surface area contributed by atoms with Gasteiger partial charge in [0, 0.05) is 17.4 Å². The van der Waals surface area contributed by atoms with Gasteiger partial charge in [-0.05, 0) is 33.6 Å². The van der Waals surface area contributed by atoms with Crippen LogP contribution in [0.5, 0.6) is 0 Å². The van der Waals surface area contributed by atoms with Gasteiger partial charge in [0.2, 0.25) is 0 Å². The summed E-state index contributed by atoms with van der Waals surface area (Å²) in [6, 6.07) is 7.36. The molecule has 1 aromatic rings. The molecule has 0 aromatic heterocycles. The van der Waals surface area contributed by atoms with Gasteiger partial charge in [-0.25, -0.2) is 4.39 Å². The maximum atomic E-state index is 13.2. The van der Waals surface area contributed by atoms with E-state index in [1.807, 2.05) is 18.2 Å². The Kier molecular flexibility index (Phi) is 1.92. The number of hydrogen-bond donors (Lipinski definition) is 0. The van der Waals surface area contributed by atoms with E-state index in [-0.39, 0.29) is 5.92 Å². The molecule has 3 heteroatoms. The molecular weight excluding hydrogens is 242 g/mol. The molecule has 1 fully saturated rings. The van der Waals surface area contributed by atoms with E-state index >= 15 is 0 Å². The van der Waals surface area contributed by atoms with Gasteiger partial charge in [0.05, 0.1) is 0 Å². The summed E-state index contributed by atoms with van der Waals surface area (Å²) in [6.07, 6.45) is 0.549. The number of rotatable bonds is 1. The minimum atomic E-state index is -1.18. The Morgan fingerprint density at radius 2 is 2.25 bits per heavy atom. The molecule has 0 unspecified atom stereocenters. The third-order valence-electron chi connectivity index (χ3n) is 2.08. The van der Waals surface area contributed by atoms with E-state index in [0.717, 1.165) is 5.56 Å². The predicted octanol–water partition coefficient (Wildman–Crippen LogP) is 3.89. The fraction of sp³-hybridized carbons (Fsp3) is 0.333. The quantitative estimate of drug-likeness (QED) is 0.663. The summed E-state index contributed by atoms with van der Waals surface area (Å²) in [5.41, 5.74) is 0.974. The van der Waals surface area contributed by atoms with Gasteiger partial charge in [-0.3, -0.25) is 0 Å². The Morgan fingerprint density at radius 3 is 2.75 bits per heavy atom. The van der Waals surface area contributed by atoms with Crippen LogP contribution in [0.3, 0.4) is 0 Å². The van der Waals surface area contributed by atoms with Crippen LogP contribution < -0.4 is 0 Å². The zero-order valence-corrected chi connectivity index (χ0v) is 8.57. The van der Waals surface area contributed by atoms with E-state index in [1.54, 1.807) is 6.07 Å². The molecule has 0 spiro atoms. The van der Waals surface area contributed by atoms with Crippen LogP contribution in [0.15, 0.2) is 24.3 Å². The lowest BCUT2D eigenvalue weighted by Gasteiger charge is -1.99. The van der Waals surface area contributed by atoms with Crippen molar-refractivity contribution in [1.82, 2.24) is 0 Å². The molecule has 2 atom stereocenters. The largest absolute Gasteiger partial charge is 0.231 e. The highest BCUT2D eigenvalue weighted by Crippen LogP contribution is 2.59. The summed E-state index contributed by atoms with van der Waals surface area (Å²) in [5.74, 6) is -0.0174. The van der Waals surface area contributed by atoms with Crippen molar-refractivity contribution >= 4 is 27.5 Å². The van der Waals surface area contributed by atoms with Crippen LogP contribution in [0.1, 0.15) is 17.9 Å². The van der Waals surface area contributed by atoms with Crippen molar-refractivity contribution in [1.29, 1.82) is 0 Å². The summed E-state index contributed by atoms with van der Waals surface area (Å²) in [6.45, 7) is 0. The molecule has 0 N–H and O–H groups in total. The molecule has 1 aliphatic carbocycles. The van der Waals surface area contributed by atoms with Gasteiger partial charge < -0.3 is 0 Å². The molecule has 1 saturated carbocycles. The topological polar surface area (TPSA) is 0 Å².